The maximum Gasteiger partial charge on any atom is 0.307 e. The highest BCUT2D eigenvalue weighted by molar-refractivity contribution is 8.15. The molecule has 9 nitrogen and oxygen atoms in total. The SMILES string of the molecule is COc1cc(CC(=O)O)ccc1C=NN=C1NC(=O)C(CC(=O)O)S1. The summed E-state index contributed by atoms with van der Waals surface area (Å²) < 4.78 is 5.20. The van der Waals surface area contributed by atoms with Crippen LogP contribution >= 0.6 is 11.8 Å². The summed E-state index contributed by atoms with van der Waals surface area (Å²) in [6.45, 7) is 0. The lowest BCUT2D eigenvalue weighted by atomic mass is 10.1. The van der Waals surface area contributed by atoms with Crippen LogP contribution in [-0.4, -0.2) is 51.8 Å². The zero-order valence-corrected chi connectivity index (χ0v) is 13.9. The number of amides is 1. The number of thioether (sulfide) groups is 1. The molecule has 0 saturated carbocycles. The lowest BCUT2D eigenvalue weighted by molar-refractivity contribution is -0.138. The summed E-state index contributed by atoms with van der Waals surface area (Å²) in [6, 6.07) is 4.88. The minimum Gasteiger partial charge on any atom is -0.496 e. The fourth-order valence-electron chi connectivity index (χ4n) is 2.04. The number of carboxylic acid groups (broad SMARTS) is 2. The van der Waals surface area contributed by atoms with E-state index in [0.717, 1.165) is 11.8 Å². The number of nitrogens with one attached hydrogen (secondary N) is 1. The molecule has 1 heterocycles. The number of carbonyl (C=O) groups is 3. The quantitative estimate of drug-likeness (QED) is 0.478. The lowest BCUT2D eigenvalue weighted by Crippen LogP contribution is -2.26. The second kappa shape index (κ2) is 8.29. The molecular formula is C15H15N3O6S. The third-order valence-electron chi connectivity index (χ3n) is 3.14. The predicted octanol–water partition coefficient (Wildman–Crippen LogP) is 0.718. The van der Waals surface area contributed by atoms with Gasteiger partial charge in [0.05, 0.1) is 26.2 Å². The first kappa shape index (κ1) is 18.5. The Morgan fingerprint density at radius 1 is 1.36 bits per heavy atom. The number of aliphatic carboxylic acids is 2. The largest absolute Gasteiger partial charge is 0.496 e. The van der Waals surface area contributed by atoms with Gasteiger partial charge in [-0.3, -0.25) is 14.4 Å². The predicted molar refractivity (Wildman–Crippen MR) is 91.1 cm³/mol. The Hall–Kier alpha value is -2.88. The van der Waals surface area contributed by atoms with Crippen LogP contribution in [-0.2, 0) is 20.8 Å². The molecule has 1 aromatic rings. The third kappa shape index (κ3) is 5.31. The van der Waals surface area contributed by atoms with Crippen molar-refractivity contribution in [3.8, 4) is 5.75 Å². The van der Waals surface area contributed by atoms with Gasteiger partial charge in [-0.1, -0.05) is 17.8 Å². The van der Waals surface area contributed by atoms with Gasteiger partial charge in [0.15, 0.2) is 5.17 Å². The van der Waals surface area contributed by atoms with E-state index in [1.165, 1.54) is 13.3 Å². The fraction of sp³-hybridized carbons (Fsp3) is 0.267. The van der Waals surface area contributed by atoms with Gasteiger partial charge in [-0.25, -0.2) is 0 Å². The van der Waals surface area contributed by atoms with Crippen LogP contribution in [0.1, 0.15) is 17.5 Å². The molecule has 3 N–H and O–H groups in total. The Balaban J connectivity index is 2.08. The monoisotopic (exact) mass is 365 g/mol. The number of hydrogen-bond acceptors (Lipinski definition) is 7. The van der Waals surface area contributed by atoms with E-state index >= 15 is 0 Å². The standard InChI is InChI=1S/C15H15N3O6S/c1-24-10-4-8(5-12(19)20)2-3-9(10)7-16-18-15-17-14(23)11(25-15)6-13(21)22/h2-4,7,11H,5-6H2,1H3,(H,19,20)(H,21,22)(H,17,18,23). The molecule has 1 saturated heterocycles. The molecule has 0 aromatic heterocycles. The highest BCUT2D eigenvalue weighted by Gasteiger charge is 2.32. The van der Waals surface area contributed by atoms with Crippen molar-refractivity contribution < 1.29 is 29.3 Å². The first-order valence-electron chi connectivity index (χ1n) is 7.08. The van der Waals surface area contributed by atoms with Gasteiger partial charge in [-0.2, -0.15) is 5.10 Å². The molecule has 25 heavy (non-hydrogen) atoms. The zero-order chi connectivity index (χ0) is 18.4. The third-order valence-corrected chi connectivity index (χ3v) is 4.21. The van der Waals surface area contributed by atoms with Crippen LogP contribution in [0.2, 0.25) is 0 Å². The number of methoxy groups -OCH3 is 1. The molecule has 2 rings (SSSR count). The van der Waals surface area contributed by atoms with Gasteiger partial charge in [0.25, 0.3) is 0 Å². The summed E-state index contributed by atoms with van der Waals surface area (Å²) in [5, 5.41) is 27.2. The van der Waals surface area contributed by atoms with E-state index in [9.17, 15) is 14.4 Å². The molecule has 10 heteroatoms. The van der Waals surface area contributed by atoms with E-state index in [1.807, 2.05) is 0 Å². The topological polar surface area (TPSA) is 138 Å². The molecule has 1 aliphatic rings. The van der Waals surface area contributed by atoms with Crippen LogP contribution < -0.4 is 10.1 Å². The summed E-state index contributed by atoms with van der Waals surface area (Å²) in [5.41, 5.74) is 1.17. The molecule has 0 bridgehead atoms. The van der Waals surface area contributed by atoms with Crippen molar-refractivity contribution in [2.24, 2.45) is 10.2 Å². The average Bonchev–Trinajstić information content (AvgIpc) is 2.87. The van der Waals surface area contributed by atoms with E-state index in [0.29, 0.717) is 16.9 Å². The van der Waals surface area contributed by atoms with E-state index in [1.54, 1.807) is 18.2 Å². The second-order valence-corrected chi connectivity index (χ2v) is 6.18. The number of nitrogens with zero attached hydrogens (tertiary/aromatic N) is 2. The highest BCUT2D eigenvalue weighted by Crippen LogP contribution is 2.23. The van der Waals surface area contributed by atoms with E-state index in [-0.39, 0.29) is 18.0 Å². The lowest BCUT2D eigenvalue weighted by Gasteiger charge is -2.06. The van der Waals surface area contributed by atoms with Crippen LogP contribution in [0.4, 0.5) is 0 Å². The molecule has 1 unspecified atom stereocenters. The molecule has 1 fully saturated rings. The van der Waals surface area contributed by atoms with Crippen LogP contribution in [0.5, 0.6) is 5.75 Å². The van der Waals surface area contributed by atoms with Crippen molar-refractivity contribution in [1.82, 2.24) is 5.32 Å². The molecule has 1 amide bonds. The maximum atomic E-state index is 11.6. The normalized spacial score (nSPS) is 18.5. The Bertz CT molecular complexity index is 762. The molecule has 1 aromatic carbocycles. The van der Waals surface area contributed by atoms with Crippen molar-refractivity contribution in [3.05, 3.63) is 29.3 Å². The summed E-state index contributed by atoms with van der Waals surface area (Å²) in [7, 11) is 1.45. The number of benzene rings is 1. The van der Waals surface area contributed by atoms with Gasteiger partial charge in [-0.15, -0.1) is 5.10 Å². The number of carboxylic acids is 2. The summed E-state index contributed by atoms with van der Waals surface area (Å²) in [6.07, 6.45) is 0.982. The van der Waals surface area contributed by atoms with E-state index in [2.05, 4.69) is 15.5 Å². The molecule has 132 valence electrons. The van der Waals surface area contributed by atoms with Crippen LogP contribution in [0, 0.1) is 0 Å². The average molecular weight is 365 g/mol. The van der Waals surface area contributed by atoms with Gasteiger partial charge < -0.3 is 20.3 Å². The smallest absolute Gasteiger partial charge is 0.307 e. The number of hydrogen-bond donors (Lipinski definition) is 3. The zero-order valence-electron chi connectivity index (χ0n) is 13.1. The van der Waals surface area contributed by atoms with Crippen molar-refractivity contribution >= 4 is 41.0 Å². The summed E-state index contributed by atoms with van der Waals surface area (Å²) in [5.74, 6) is -1.99. The molecule has 1 aliphatic heterocycles. The second-order valence-electron chi connectivity index (χ2n) is 4.99. The molecule has 1 atom stereocenters. The molecule has 0 aliphatic carbocycles. The summed E-state index contributed by atoms with van der Waals surface area (Å²) >= 11 is 1.000. The summed E-state index contributed by atoms with van der Waals surface area (Å²) in [4.78, 5) is 33.0. The Kier molecular flexibility index (Phi) is 6.12. The van der Waals surface area contributed by atoms with Crippen molar-refractivity contribution in [2.45, 2.75) is 18.1 Å². The van der Waals surface area contributed by atoms with E-state index in [4.69, 9.17) is 14.9 Å². The minimum atomic E-state index is -1.07. The Morgan fingerprint density at radius 2 is 2.12 bits per heavy atom. The van der Waals surface area contributed by atoms with Gasteiger partial charge in [0.1, 0.15) is 11.0 Å². The first-order valence-corrected chi connectivity index (χ1v) is 7.96. The molecular weight excluding hydrogens is 350 g/mol. The Labute approximate surface area is 146 Å². The van der Waals surface area contributed by atoms with E-state index < -0.39 is 23.1 Å². The van der Waals surface area contributed by atoms with Gasteiger partial charge in [-0.05, 0) is 17.7 Å². The number of rotatable bonds is 7. The Morgan fingerprint density at radius 3 is 2.76 bits per heavy atom. The first-order chi connectivity index (χ1) is 11.9. The highest BCUT2D eigenvalue weighted by atomic mass is 32.2. The van der Waals surface area contributed by atoms with Gasteiger partial charge in [0, 0.05) is 5.56 Å². The van der Waals surface area contributed by atoms with Crippen LogP contribution in [0.15, 0.2) is 28.4 Å². The van der Waals surface area contributed by atoms with Crippen molar-refractivity contribution in [3.63, 3.8) is 0 Å². The fourth-order valence-corrected chi connectivity index (χ4v) is 2.95. The van der Waals surface area contributed by atoms with Crippen molar-refractivity contribution in [2.75, 3.05) is 7.11 Å². The van der Waals surface area contributed by atoms with Gasteiger partial charge >= 0.3 is 11.9 Å². The minimum absolute atomic E-state index is 0.121. The number of ether oxygens (including phenoxy) is 1. The van der Waals surface area contributed by atoms with Crippen molar-refractivity contribution in [1.29, 1.82) is 0 Å². The number of carbonyl (C=O) groups excluding carboxylic acids is 1. The van der Waals surface area contributed by atoms with Crippen LogP contribution in [0.3, 0.4) is 0 Å². The maximum absolute atomic E-state index is 11.6. The molecule has 0 radical (unpaired) electrons. The van der Waals surface area contributed by atoms with Gasteiger partial charge in [0.2, 0.25) is 5.91 Å². The molecule has 0 spiro atoms. The number of amidine groups is 1. The van der Waals surface area contributed by atoms with Crippen LogP contribution in [0.25, 0.3) is 0 Å².